The van der Waals surface area contributed by atoms with Gasteiger partial charge in [-0.25, -0.2) is 8.42 Å². The summed E-state index contributed by atoms with van der Waals surface area (Å²) in [6.45, 7) is 4.26. The van der Waals surface area contributed by atoms with Crippen molar-refractivity contribution in [3.8, 4) is 0 Å². The summed E-state index contributed by atoms with van der Waals surface area (Å²) in [6, 6.07) is 11.1. The third-order valence-electron chi connectivity index (χ3n) is 4.20. The number of benzene rings is 2. The Morgan fingerprint density at radius 2 is 1.92 bits per heavy atom. The molecule has 0 aliphatic carbocycles. The number of hydrogen-bond acceptors (Lipinski definition) is 3. The van der Waals surface area contributed by atoms with Crippen LogP contribution in [0.5, 0.6) is 0 Å². The van der Waals surface area contributed by atoms with E-state index in [0.717, 1.165) is 5.56 Å². The first-order valence-corrected chi connectivity index (χ1v) is 9.87. The molecule has 1 N–H and O–H groups in total. The number of carbonyl (C=O) groups excluding carboxylic acids is 1. The Labute approximate surface area is 152 Å². The van der Waals surface area contributed by atoms with Gasteiger partial charge in [-0.1, -0.05) is 11.6 Å². The van der Waals surface area contributed by atoms with Crippen LogP contribution in [-0.2, 0) is 16.4 Å². The molecule has 0 bridgehead atoms. The first kappa shape index (κ1) is 17.8. The predicted molar refractivity (Wildman–Crippen MR) is 98.7 cm³/mol. The minimum absolute atomic E-state index is 0.156. The van der Waals surface area contributed by atoms with Crippen molar-refractivity contribution in [2.24, 2.45) is 0 Å². The van der Waals surface area contributed by atoms with Crippen molar-refractivity contribution >= 4 is 33.2 Å². The summed E-state index contributed by atoms with van der Waals surface area (Å²) >= 11 is 5.86. The Morgan fingerprint density at radius 3 is 2.56 bits per heavy atom. The second-order valence-electron chi connectivity index (χ2n) is 6.01. The van der Waals surface area contributed by atoms with E-state index >= 15 is 0 Å². The molecule has 2 aromatic rings. The zero-order valence-corrected chi connectivity index (χ0v) is 15.6. The van der Waals surface area contributed by atoms with Crippen LogP contribution in [0.25, 0.3) is 0 Å². The van der Waals surface area contributed by atoms with E-state index in [1.807, 2.05) is 13.8 Å². The summed E-state index contributed by atoms with van der Waals surface area (Å²) in [7, 11) is -3.69. The van der Waals surface area contributed by atoms with Gasteiger partial charge in [0.1, 0.15) is 0 Å². The van der Waals surface area contributed by atoms with Crippen LogP contribution >= 0.6 is 11.6 Å². The van der Waals surface area contributed by atoms with Crippen molar-refractivity contribution < 1.29 is 13.2 Å². The molecule has 1 atom stereocenters. The highest BCUT2D eigenvalue weighted by Crippen LogP contribution is 2.37. The van der Waals surface area contributed by atoms with Crippen LogP contribution in [0.2, 0.25) is 5.02 Å². The molecular weight excluding hydrogens is 360 g/mol. The van der Waals surface area contributed by atoms with E-state index in [-0.39, 0.29) is 16.8 Å². The number of nitrogens with one attached hydrogen (secondary N) is 1. The van der Waals surface area contributed by atoms with E-state index in [1.54, 1.807) is 30.3 Å². The van der Waals surface area contributed by atoms with E-state index in [9.17, 15) is 13.2 Å². The van der Waals surface area contributed by atoms with Crippen LogP contribution in [0.3, 0.4) is 0 Å². The lowest BCUT2D eigenvalue weighted by Crippen LogP contribution is -2.35. The summed E-state index contributed by atoms with van der Waals surface area (Å²) in [5.41, 5.74) is 2.02. The lowest BCUT2D eigenvalue weighted by Gasteiger charge is -2.24. The number of hydrogen-bond donors (Lipinski definition) is 1. The van der Waals surface area contributed by atoms with Crippen molar-refractivity contribution in [2.45, 2.75) is 31.2 Å². The van der Waals surface area contributed by atoms with Gasteiger partial charge in [-0.2, -0.15) is 0 Å². The molecule has 1 heterocycles. The minimum atomic E-state index is -3.69. The van der Waals surface area contributed by atoms with Gasteiger partial charge in [0, 0.05) is 23.2 Å². The highest BCUT2D eigenvalue weighted by atomic mass is 35.5. The average molecular weight is 379 g/mol. The number of halogens is 1. The van der Waals surface area contributed by atoms with Gasteiger partial charge in [-0.05, 0) is 68.3 Å². The van der Waals surface area contributed by atoms with Gasteiger partial charge in [0.15, 0.2) is 0 Å². The number of anilines is 1. The number of sulfonamides is 1. The molecule has 1 aliphatic heterocycles. The highest BCUT2D eigenvalue weighted by Gasteiger charge is 2.36. The smallest absolute Gasteiger partial charge is 0.264 e. The molecule has 1 aliphatic rings. The summed E-state index contributed by atoms with van der Waals surface area (Å²) in [4.78, 5) is 12.2. The molecule has 0 fully saturated rings. The molecule has 0 aromatic heterocycles. The van der Waals surface area contributed by atoms with E-state index in [0.29, 0.717) is 29.2 Å². The Hall–Kier alpha value is -2.05. The topological polar surface area (TPSA) is 66.5 Å². The molecule has 7 heteroatoms. The van der Waals surface area contributed by atoms with Crippen molar-refractivity contribution in [1.82, 2.24) is 5.32 Å². The molecule has 0 unspecified atom stereocenters. The molecule has 5 nitrogen and oxygen atoms in total. The molecule has 0 spiro atoms. The fourth-order valence-electron chi connectivity index (χ4n) is 3.09. The Balaban J connectivity index is 2.00. The van der Waals surface area contributed by atoms with Gasteiger partial charge in [-0.15, -0.1) is 0 Å². The van der Waals surface area contributed by atoms with Gasteiger partial charge in [0.2, 0.25) is 0 Å². The second kappa shape index (κ2) is 6.69. The summed E-state index contributed by atoms with van der Waals surface area (Å²) in [6.07, 6.45) is 0.565. The lowest BCUT2D eigenvalue weighted by molar-refractivity contribution is 0.0955. The maximum absolute atomic E-state index is 13.0. The van der Waals surface area contributed by atoms with Crippen LogP contribution < -0.4 is 9.62 Å². The average Bonchev–Trinajstić information content (AvgIpc) is 2.91. The number of rotatable bonds is 4. The quantitative estimate of drug-likeness (QED) is 0.888. The summed E-state index contributed by atoms with van der Waals surface area (Å²) < 4.78 is 27.5. The van der Waals surface area contributed by atoms with Gasteiger partial charge >= 0.3 is 0 Å². The van der Waals surface area contributed by atoms with Crippen LogP contribution in [0.1, 0.15) is 29.8 Å². The van der Waals surface area contributed by atoms with E-state index in [4.69, 9.17) is 11.6 Å². The Bertz CT molecular complexity index is 910. The van der Waals surface area contributed by atoms with Crippen LogP contribution in [0.4, 0.5) is 5.69 Å². The van der Waals surface area contributed by atoms with E-state index in [2.05, 4.69) is 5.32 Å². The molecular formula is C18H19ClN2O3S. The summed E-state index contributed by atoms with van der Waals surface area (Å²) in [5, 5.41) is 3.24. The molecule has 0 radical (unpaired) electrons. The number of carbonyl (C=O) groups is 1. The van der Waals surface area contributed by atoms with E-state index < -0.39 is 10.0 Å². The molecule has 25 heavy (non-hydrogen) atoms. The standard InChI is InChI=1S/C18H19ClN2O3S/c1-3-20-18(22)13-4-9-17-14(11-13)10-12(2)21(17)25(23,24)16-7-5-15(19)6-8-16/h4-9,11-12H,3,10H2,1-2H3,(H,20,22)/t12-/m1/s1. The van der Waals surface area contributed by atoms with E-state index in [1.165, 1.54) is 16.4 Å². The number of amides is 1. The van der Waals surface area contributed by atoms with Crippen LogP contribution in [0, 0.1) is 0 Å². The number of fused-ring (bicyclic) bond motifs is 1. The zero-order chi connectivity index (χ0) is 18.2. The maximum Gasteiger partial charge on any atom is 0.264 e. The first-order chi connectivity index (χ1) is 11.8. The molecule has 1 amide bonds. The van der Waals surface area contributed by atoms with Gasteiger partial charge in [-0.3, -0.25) is 9.10 Å². The monoisotopic (exact) mass is 378 g/mol. The van der Waals surface area contributed by atoms with Crippen molar-refractivity contribution in [2.75, 3.05) is 10.8 Å². The minimum Gasteiger partial charge on any atom is -0.352 e. The predicted octanol–water partition coefficient (Wildman–Crippen LogP) is 3.23. The first-order valence-electron chi connectivity index (χ1n) is 8.05. The van der Waals surface area contributed by atoms with Gasteiger partial charge in [0.05, 0.1) is 10.6 Å². The van der Waals surface area contributed by atoms with Crippen LogP contribution in [-0.4, -0.2) is 26.9 Å². The van der Waals surface area contributed by atoms with Crippen LogP contribution in [0.15, 0.2) is 47.4 Å². The van der Waals surface area contributed by atoms with Crippen molar-refractivity contribution in [1.29, 1.82) is 0 Å². The fourth-order valence-corrected chi connectivity index (χ4v) is 4.91. The number of nitrogens with zero attached hydrogens (tertiary/aromatic N) is 1. The Morgan fingerprint density at radius 1 is 1.24 bits per heavy atom. The molecule has 3 rings (SSSR count). The van der Waals surface area contributed by atoms with Crippen molar-refractivity contribution in [3.05, 3.63) is 58.6 Å². The molecule has 2 aromatic carbocycles. The van der Waals surface area contributed by atoms with Gasteiger partial charge < -0.3 is 5.32 Å². The lowest BCUT2D eigenvalue weighted by atomic mass is 10.1. The molecule has 0 saturated heterocycles. The summed E-state index contributed by atoms with van der Waals surface area (Å²) in [5.74, 6) is -0.156. The third kappa shape index (κ3) is 3.24. The second-order valence-corrected chi connectivity index (χ2v) is 8.26. The Kier molecular flexibility index (Phi) is 4.75. The molecule has 132 valence electrons. The van der Waals surface area contributed by atoms with Crippen molar-refractivity contribution in [3.63, 3.8) is 0 Å². The maximum atomic E-state index is 13.0. The van der Waals surface area contributed by atoms with Gasteiger partial charge in [0.25, 0.3) is 15.9 Å². The fraction of sp³-hybridized carbons (Fsp3) is 0.278. The SMILES string of the molecule is CCNC(=O)c1ccc2c(c1)C[C@@H](C)N2S(=O)(=O)c1ccc(Cl)cc1. The normalized spacial score (nSPS) is 16.6. The highest BCUT2D eigenvalue weighted by molar-refractivity contribution is 7.92. The zero-order valence-electron chi connectivity index (χ0n) is 14.0. The largest absolute Gasteiger partial charge is 0.352 e. The molecule has 0 saturated carbocycles. The third-order valence-corrected chi connectivity index (χ3v) is 6.40.